The Hall–Kier alpha value is -2.45. The van der Waals surface area contributed by atoms with Crippen molar-refractivity contribution in [2.24, 2.45) is 0 Å². The second-order valence-electron chi connectivity index (χ2n) is 4.71. The molecular formula is C14H12ClN3O4S. The third-order valence-corrected chi connectivity index (χ3v) is 4.78. The molecule has 0 radical (unpaired) electrons. The van der Waals surface area contributed by atoms with Gasteiger partial charge in [0.1, 0.15) is 5.52 Å². The number of hydrogen-bond acceptors (Lipinski definition) is 5. The van der Waals surface area contributed by atoms with Crippen LogP contribution in [0.4, 0.5) is 0 Å². The van der Waals surface area contributed by atoms with Crippen LogP contribution in [0.1, 0.15) is 16.1 Å². The Balaban J connectivity index is 0.00000192. The number of aromatic nitrogens is 3. The van der Waals surface area contributed by atoms with Crippen molar-refractivity contribution in [1.82, 2.24) is 15.0 Å². The Morgan fingerprint density at radius 1 is 1.22 bits per heavy atom. The predicted octanol–water partition coefficient (Wildman–Crippen LogP) is 2.22. The molecule has 3 aromatic rings. The zero-order valence-corrected chi connectivity index (χ0v) is 13.5. The van der Waals surface area contributed by atoms with E-state index in [9.17, 15) is 18.3 Å². The second kappa shape index (κ2) is 5.98. The first kappa shape index (κ1) is 16.9. The summed E-state index contributed by atoms with van der Waals surface area (Å²) in [6.07, 6.45) is 1.51. The average molecular weight is 354 g/mol. The number of benzene rings is 1. The topological polar surface area (TPSA) is 113 Å². The molecule has 0 atom stereocenters. The number of fused-ring (bicyclic) bond motifs is 1. The van der Waals surface area contributed by atoms with Gasteiger partial charge in [0, 0.05) is 6.20 Å². The molecular weight excluding hydrogens is 342 g/mol. The van der Waals surface area contributed by atoms with Gasteiger partial charge in [-0.25, -0.2) is 23.2 Å². The zero-order valence-electron chi connectivity index (χ0n) is 11.8. The number of H-pyrrole nitrogens is 1. The maximum absolute atomic E-state index is 12.7. The summed E-state index contributed by atoms with van der Waals surface area (Å²) in [7, 11) is -4.08. The second-order valence-corrected chi connectivity index (χ2v) is 6.58. The molecule has 9 heteroatoms. The van der Waals surface area contributed by atoms with Gasteiger partial charge in [-0.15, -0.1) is 12.4 Å². The van der Waals surface area contributed by atoms with Gasteiger partial charge in [-0.2, -0.15) is 0 Å². The van der Waals surface area contributed by atoms with Gasteiger partial charge in [0.2, 0.25) is 9.84 Å². The largest absolute Gasteiger partial charge is 0.476 e. The van der Waals surface area contributed by atoms with E-state index in [1.165, 1.54) is 24.4 Å². The lowest BCUT2D eigenvalue weighted by atomic mass is 10.2. The van der Waals surface area contributed by atoms with E-state index in [1.54, 1.807) is 19.1 Å². The number of hydrogen-bond donors (Lipinski definition) is 2. The highest BCUT2D eigenvalue weighted by atomic mass is 35.5. The minimum Gasteiger partial charge on any atom is -0.476 e. The summed E-state index contributed by atoms with van der Waals surface area (Å²) in [6, 6.07) is 7.72. The van der Waals surface area contributed by atoms with E-state index in [0.29, 0.717) is 5.52 Å². The summed E-state index contributed by atoms with van der Waals surface area (Å²) < 4.78 is 25.4. The highest BCUT2D eigenvalue weighted by Crippen LogP contribution is 2.24. The quantitative estimate of drug-likeness (QED) is 0.746. The summed E-state index contributed by atoms with van der Waals surface area (Å²) >= 11 is 0. The normalized spacial score (nSPS) is 11.2. The fraction of sp³-hybridized carbons (Fsp3) is 0.0714. The van der Waals surface area contributed by atoms with Gasteiger partial charge in [0.15, 0.2) is 16.4 Å². The molecule has 0 saturated heterocycles. The Bertz CT molecular complexity index is 998. The minimum atomic E-state index is -4.08. The number of carboxylic acid groups (broad SMARTS) is 1. The van der Waals surface area contributed by atoms with Gasteiger partial charge in [-0.3, -0.25) is 0 Å². The highest BCUT2D eigenvalue weighted by Gasteiger charge is 2.28. The lowest BCUT2D eigenvalue weighted by molar-refractivity contribution is 0.0685. The van der Waals surface area contributed by atoms with Crippen LogP contribution in [-0.4, -0.2) is 34.4 Å². The minimum absolute atomic E-state index is 0. The lowest BCUT2D eigenvalue weighted by Gasteiger charge is -2.07. The number of rotatable bonds is 3. The number of carboxylic acids is 1. The number of aromatic amines is 1. The molecule has 0 aliphatic rings. The van der Waals surface area contributed by atoms with Gasteiger partial charge in [-0.1, -0.05) is 12.1 Å². The molecule has 0 amide bonds. The van der Waals surface area contributed by atoms with Crippen molar-refractivity contribution in [1.29, 1.82) is 0 Å². The summed E-state index contributed by atoms with van der Waals surface area (Å²) in [6.45, 7) is 1.75. The molecule has 23 heavy (non-hydrogen) atoms. The molecule has 7 nitrogen and oxygen atoms in total. The molecule has 120 valence electrons. The van der Waals surface area contributed by atoms with Crippen molar-refractivity contribution in [2.75, 3.05) is 0 Å². The predicted molar refractivity (Wildman–Crippen MR) is 84.7 cm³/mol. The molecule has 0 bridgehead atoms. The van der Waals surface area contributed by atoms with Gasteiger partial charge in [-0.05, 0) is 30.7 Å². The smallest absolute Gasteiger partial charge is 0.357 e. The van der Waals surface area contributed by atoms with E-state index >= 15 is 0 Å². The van der Waals surface area contributed by atoms with E-state index in [0.717, 1.165) is 5.56 Å². The van der Waals surface area contributed by atoms with Crippen molar-refractivity contribution in [3.05, 3.63) is 47.8 Å². The van der Waals surface area contributed by atoms with Crippen molar-refractivity contribution < 1.29 is 18.3 Å². The van der Waals surface area contributed by atoms with E-state index in [1.807, 2.05) is 0 Å². The summed E-state index contributed by atoms with van der Waals surface area (Å²) in [5.74, 6) is -1.44. The average Bonchev–Trinajstić information content (AvgIpc) is 2.93. The van der Waals surface area contributed by atoms with Gasteiger partial charge >= 0.3 is 5.97 Å². The molecule has 2 N–H and O–H groups in total. The molecule has 0 aliphatic heterocycles. The number of aryl methyl sites for hydroxylation is 1. The summed E-state index contributed by atoms with van der Waals surface area (Å²) in [4.78, 5) is 21.9. The number of carbonyl (C=O) groups is 1. The first-order valence-corrected chi connectivity index (χ1v) is 7.78. The van der Waals surface area contributed by atoms with E-state index in [4.69, 9.17) is 0 Å². The molecule has 0 saturated carbocycles. The van der Waals surface area contributed by atoms with Gasteiger partial charge < -0.3 is 10.1 Å². The van der Waals surface area contributed by atoms with Crippen LogP contribution in [0.5, 0.6) is 0 Å². The van der Waals surface area contributed by atoms with Gasteiger partial charge in [0.05, 0.1) is 4.90 Å². The van der Waals surface area contributed by atoms with E-state index < -0.39 is 26.5 Å². The molecule has 0 unspecified atom stereocenters. The molecule has 2 heterocycles. The van der Waals surface area contributed by atoms with Crippen molar-refractivity contribution in [3.8, 4) is 0 Å². The molecule has 2 aromatic heterocycles. The Labute approximate surface area is 137 Å². The Morgan fingerprint density at radius 3 is 2.61 bits per heavy atom. The van der Waals surface area contributed by atoms with E-state index in [-0.39, 0.29) is 22.9 Å². The molecule has 0 aliphatic carbocycles. The SMILES string of the molecule is Cc1cccc(S(=O)(=O)c2nc3[nH]ccc3nc2C(=O)O)c1.Cl. The number of halogens is 1. The van der Waals surface area contributed by atoms with Crippen LogP contribution in [0.3, 0.4) is 0 Å². The molecule has 1 aromatic carbocycles. The maximum atomic E-state index is 12.7. The standard InChI is InChI=1S/C14H11N3O4S.ClH/c1-8-3-2-4-9(7-8)22(20,21)13-11(14(18)19)16-10-5-6-15-12(10)17-13;/h2-7H,1H3,(H,15,17)(H,18,19);1H. The van der Waals surface area contributed by atoms with E-state index in [2.05, 4.69) is 15.0 Å². The first-order chi connectivity index (χ1) is 10.4. The third-order valence-electron chi connectivity index (χ3n) is 3.11. The number of nitrogens with one attached hydrogen (secondary N) is 1. The van der Waals surface area contributed by atoms with Gasteiger partial charge in [0.25, 0.3) is 0 Å². The van der Waals surface area contributed by atoms with Crippen LogP contribution in [-0.2, 0) is 9.84 Å². The van der Waals surface area contributed by atoms with Crippen LogP contribution in [0, 0.1) is 6.92 Å². The highest BCUT2D eigenvalue weighted by molar-refractivity contribution is 7.91. The van der Waals surface area contributed by atoms with Crippen molar-refractivity contribution in [3.63, 3.8) is 0 Å². The van der Waals surface area contributed by atoms with Crippen molar-refractivity contribution >= 4 is 39.4 Å². The monoisotopic (exact) mass is 353 g/mol. The molecule has 3 rings (SSSR count). The van der Waals surface area contributed by atoms with Crippen LogP contribution >= 0.6 is 12.4 Å². The summed E-state index contributed by atoms with van der Waals surface area (Å²) in [5, 5.41) is 8.68. The zero-order chi connectivity index (χ0) is 15.9. The first-order valence-electron chi connectivity index (χ1n) is 6.30. The van der Waals surface area contributed by atoms with Crippen LogP contribution in [0.25, 0.3) is 11.2 Å². The number of aromatic carboxylic acids is 1. The van der Waals surface area contributed by atoms with Crippen LogP contribution < -0.4 is 0 Å². The summed E-state index contributed by atoms with van der Waals surface area (Å²) in [5.41, 5.74) is 0.664. The number of nitrogens with zero attached hydrogens (tertiary/aromatic N) is 2. The fourth-order valence-corrected chi connectivity index (χ4v) is 3.50. The Kier molecular flexibility index (Phi) is 4.39. The molecule has 0 spiro atoms. The number of sulfone groups is 1. The van der Waals surface area contributed by atoms with Crippen LogP contribution in [0.15, 0.2) is 46.5 Å². The third kappa shape index (κ3) is 2.90. The fourth-order valence-electron chi connectivity index (χ4n) is 2.08. The maximum Gasteiger partial charge on any atom is 0.357 e. The van der Waals surface area contributed by atoms with Crippen molar-refractivity contribution in [2.45, 2.75) is 16.8 Å². The molecule has 0 fully saturated rings. The lowest BCUT2D eigenvalue weighted by Crippen LogP contribution is -2.14. The Morgan fingerprint density at radius 2 is 1.96 bits per heavy atom. The van der Waals surface area contributed by atoms with Crippen LogP contribution in [0.2, 0.25) is 0 Å².